The maximum absolute atomic E-state index is 12.9. The van der Waals surface area contributed by atoms with Gasteiger partial charge in [-0.25, -0.2) is 0 Å². The Kier molecular flexibility index (Phi) is 8.75. The van der Waals surface area contributed by atoms with Crippen molar-refractivity contribution >= 4 is 23.3 Å². The summed E-state index contributed by atoms with van der Waals surface area (Å²) in [5.41, 5.74) is 2.96. The SMILES string of the molecule is Cc1ccc(C(=O)NCCC2CCCC2)cc1C(=O)Nc1ccc(CC(=O)CC(C)C)nc1. The molecule has 2 aromatic rings. The van der Waals surface area contributed by atoms with Crippen LogP contribution in [0.1, 0.15) is 84.3 Å². The third kappa shape index (κ3) is 7.52. The first-order chi connectivity index (χ1) is 15.8. The van der Waals surface area contributed by atoms with Crippen LogP contribution in [-0.2, 0) is 11.2 Å². The van der Waals surface area contributed by atoms with Gasteiger partial charge in [0.05, 0.1) is 11.9 Å². The zero-order chi connectivity index (χ0) is 23.8. The van der Waals surface area contributed by atoms with Crippen molar-refractivity contribution in [1.29, 1.82) is 0 Å². The third-order valence-electron chi connectivity index (χ3n) is 6.15. The molecular formula is C27H35N3O3. The summed E-state index contributed by atoms with van der Waals surface area (Å²) in [5, 5.41) is 5.83. The van der Waals surface area contributed by atoms with Crippen molar-refractivity contribution in [1.82, 2.24) is 10.3 Å². The van der Waals surface area contributed by atoms with E-state index in [4.69, 9.17) is 0 Å². The van der Waals surface area contributed by atoms with E-state index in [9.17, 15) is 14.4 Å². The van der Waals surface area contributed by atoms with Gasteiger partial charge < -0.3 is 10.6 Å². The van der Waals surface area contributed by atoms with Crippen molar-refractivity contribution in [3.05, 3.63) is 58.9 Å². The highest BCUT2D eigenvalue weighted by Gasteiger charge is 2.17. The number of aromatic nitrogens is 1. The number of aryl methyl sites for hydroxylation is 1. The fourth-order valence-electron chi connectivity index (χ4n) is 4.33. The summed E-state index contributed by atoms with van der Waals surface area (Å²) in [7, 11) is 0. The Bertz CT molecular complexity index is 977. The van der Waals surface area contributed by atoms with Crippen molar-refractivity contribution in [2.24, 2.45) is 11.8 Å². The minimum Gasteiger partial charge on any atom is -0.352 e. The maximum Gasteiger partial charge on any atom is 0.255 e. The predicted molar refractivity (Wildman–Crippen MR) is 130 cm³/mol. The molecular weight excluding hydrogens is 414 g/mol. The highest BCUT2D eigenvalue weighted by Crippen LogP contribution is 2.27. The van der Waals surface area contributed by atoms with Crippen LogP contribution >= 0.6 is 0 Å². The molecule has 0 radical (unpaired) electrons. The first kappa shape index (κ1) is 24.6. The Morgan fingerprint density at radius 3 is 2.48 bits per heavy atom. The topological polar surface area (TPSA) is 88.2 Å². The fraction of sp³-hybridized carbons (Fsp3) is 0.481. The number of hydrogen-bond donors (Lipinski definition) is 2. The average molecular weight is 450 g/mol. The number of nitrogens with one attached hydrogen (secondary N) is 2. The van der Waals surface area contributed by atoms with Crippen molar-refractivity contribution in [2.45, 2.75) is 65.7 Å². The summed E-state index contributed by atoms with van der Waals surface area (Å²) >= 11 is 0. The molecule has 0 saturated heterocycles. The number of rotatable bonds is 10. The second kappa shape index (κ2) is 11.7. The Labute approximate surface area is 196 Å². The second-order valence-corrected chi connectivity index (χ2v) is 9.53. The molecule has 1 aromatic heterocycles. The van der Waals surface area contributed by atoms with Crippen molar-refractivity contribution in [2.75, 3.05) is 11.9 Å². The van der Waals surface area contributed by atoms with E-state index in [1.807, 2.05) is 20.8 Å². The Morgan fingerprint density at radius 2 is 1.82 bits per heavy atom. The van der Waals surface area contributed by atoms with Gasteiger partial charge in [-0.05, 0) is 55.0 Å². The number of carbonyl (C=O) groups is 3. The van der Waals surface area contributed by atoms with Crippen LogP contribution in [0.2, 0.25) is 0 Å². The van der Waals surface area contributed by atoms with Crippen LogP contribution < -0.4 is 10.6 Å². The average Bonchev–Trinajstić information content (AvgIpc) is 3.28. The van der Waals surface area contributed by atoms with Gasteiger partial charge in [0.25, 0.3) is 11.8 Å². The molecule has 0 unspecified atom stereocenters. The summed E-state index contributed by atoms with van der Waals surface area (Å²) < 4.78 is 0. The van der Waals surface area contributed by atoms with Crippen LogP contribution in [0.4, 0.5) is 5.69 Å². The zero-order valence-corrected chi connectivity index (χ0v) is 19.9. The highest BCUT2D eigenvalue weighted by molar-refractivity contribution is 6.07. The van der Waals surface area contributed by atoms with Crippen molar-refractivity contribution in [3.8, 4) is 0 Å². The van der Waals surface area contributed by atoms with Gasteiger partial charge >= 0.3 is 0 Å². The molecule has 33 heavy (non-hydrogen) atoms. The lowest BCUT2D eigenvalue weighted by atomic mass is 10.0. The van der Waals surface area contributed by atoms with E-state index in [-0.39, 0.29) is 17.6 Å². The molecule has 6 heteroatoms. The highest BCUT2D eigenvalue weighted by atomic mass is 16.2. The van der Waals surface area contributed by atoms with Crippen molar-refractivity contribution in [3.63, 3.8) is 0 Å². The Balaban J connectivity index is 1.57. The maximum atomic E-state index is 12.9. The van der Waals surface area contributed by atoms with Gasteiger partial charge in [-0.3, -0.25) is 19.4 Å². The summed E-state index contributed by atoms with van der Waals surface area (Å²) in [4.78, 5) is 41.7. The first-order valence-electron chi connectivity index (χ1n) is 12.0. The molecule has 1 heterocycles. The van der Waals surface area contributed by atoms with E-state index >= 15 is 0 Å². The minimum atomic E-state index is -0.293. The number of ketones is 1. The molecule has 3 rings (SSSR count). The molecule has 2 amide bonds. The summed E-state index contributed by atoms with van der Waals surface area (Å²) in [6.07, 6.45) is 8.51. The predicted octanol–water partition coefficient (Wildman–Crippen LogP) is 5.11. The monoisotopic (exact) mass is 449 g/mol. The van der Waals surface area contributed by atoms with Crippen LogP contribution in [0.25, 0.3) is 0 Å². The van der Waals surface area contributed by atoms with Gasteiger partial charge in [0.15, 0.2) is 0 Å². The molecule has 1 aliphatic carbocycles. The molecule has 0 atom stereocenters. The van der Waals surface area contributed by atoms with Crippen LogP contribution in [0.5, 0.6) is 0 Å². The third-order valence-corrected chi connectivity index (χ3v) is 6.15. The number of nitrogens with zero attached hydrogens (tertiary/aromatic N) is 1. The lowest BCUT2D eigenvalue weighted by Gasteiger charge is -2.12. The normalized spacial score (nSPS) is 13.8. The molecule has 1 aliphatic rings. The molecule has 6 nitrogen and oxygen atoms in total. The van der Waals surface area contributed by atoms with Crippen LogP contribution in [0, 0.1) is 18.8 Å². The largest absolute Gasteiger partial charge is 0.352 e. The molecule has 1 saturated carbocycles. The van der Waals surface area contributed by atoms with E-state index in [0.717, 1.165) is 17.9 Å². The number of hydrogen-bond acceptors (Lipinski definition) is 4. The zero-order valence-electron chi connectivity index (χ0n) is 19.9. The fourth-order valence-corrected chi connectivity index (χ4v) is 4.33. The lowest BCUT2D eigenvalue weighted by molar-refractivity contribution is -0.119. The summed E-state index contributed by atoms with van der Waals surface area (Å²) in [5.74, 6) is 0.753. The molecule has 176 valence electrons. The van der Waals surface area contributed by atoms with E-state index in [1.165, 1.54) is 25.7 Å². The van der Waals surface area contributed by atoms with Crippen LogP contribution in [0.15, 0.2) is 36.5 Å². The smallest absolute Gasteiger partial charge is 0.255 e. The number of Topliss-reactive ketones (excluding diaryl/α,β-unsaturated/α-hetero) is 1. The number of benzene rings is 1. The lowest BCUT2D eigenvalue weighted by Crippen LogP contribution is -2.26. The molecule has 2 N–H and O–H groups in total. The van der Waals surface area contributed by atoms with Crippen LogP contribution in [-0.4, -0.2) is 29.1 Å². The van der Waals surface area contributed by atoms with Crippen molar-refractivity contribution < 1.29 is 14.4 Å². The summed E-state index contributed by atoms with van der Waals surface area (Å²) in [6, 6.07) is 8.69. The first-order valence-corrected chi connectivity index (χ1v) is 12.0. The second-order valence-electron chi connectivity index (χ2n) is 9.53. The number of carbonyl (C=O) groups excluding carboxylic acids is 3. The molecule has 0 aliphatic heterocycles. The molecule has 0 bridgehead atoms. The number of anilines is 1. The Morgan fingerprint density at radius 1 is 1.06 bits per heavy atom. The molecule has 0 spiro atoms. The standard InChI is InChI=1S/C27H35N3O3/c1-18(2)14-24(31)16-22-10-11-23(17-29-22)30-27(33)25-15-21(9-8-19(25)3)26(32)28-13-12-20-6-4-5-7-20/h8-11,15,17-18,20H,4-7,12-14,16H2,1-3H3,(H,28,32)(H,30,33). The number of pyridine rings is 1. The van der Waals surface area contributed by atoms with Gasteiger partial charge in [0.2, 0.25) is 0 Å². The minimum absolute atomic E-state index is 0.154. The van der Waals surface area contributed by atoms with Gasteiger partial charge in [0, 0.05) is 36.2 Å². The quantitative estimate of drug-likeness (QED) is 0.528. The van der Waals surface area contributed by atoms with E-state index in [0.29, 0.717) is 47.8 Å². The molecule has 1 aromatic carbocycles. The van der Waals surface area contributed by atoms with Gasteiger partial charge in [-0.1, -0.05) is 45.6 Å². The van der Waals surface area contributed by atoms with Gasteiger partial charge in [-0.15, -0.1) is 0 Å². The van der Waals surface area contributed by atoms with Gasteiger partial charge in [-0.2, -0.15) is 0 Å². The Hall–Kier alpha value is -3.02. The summed E-state index contributed by atoms with van der Waals surface area (Å²) in [6.45, 7) is 6.54. The van der Waals surface area contributed by atoms with E-state index in [2.05, 4.69) is 15.6 Å². The van der Waals surface area contributed by atoms with Gasteiger partial charge in [0.1, 0.15) is 5.78 Å². The van der Waals surface area contributed by atoms with Crippen LogP contribution in [0.3, 0.4) is 0 Å². The van der Waals surface area contributed by atoms with E-state index in [1.54, 1.807) is 36.5 Å². The number of amides is 2. The van der Waals surface area contributed by atoms with E-state index < -0.39 is 0 Å². The molecule has 1 fully saturated rings.